The number of carbonyl (C=O) groups excluding carboxylic acids is 1. The first-order valence-corrected chi connectivity index (χ1v) is 8.90. The molecule has 1 amide bonds. The number of phenolic OH excluding ortho intramolecular Hbond substituents is 1. The third kappa shape index (κ3) is 3.22. The fourth-order valence-electron chi connectivity index (χ4n) is 3.35. The molecule has 0 radical (unpaired) electrons. The van der Waals surface area contributed by atoms with Gasteiger partial charge in [-0.25, -0.2) is 4.98 Å². The molecule has 4 rings (SSSR count). The quantitative estimate of drug-likeness (QED) is 0.731. The monoisotopic (exact) mass is 377 g/mol. The molecule has 2 aromatic carbocycles. The van der Waals surface area contributed by atoms with E-state index in [9.17, 15) is 14.7 Å². The number of amides is 1. The molecule has 0 unspecified atom stereocenters. The van der Waals surface area contributed by atoms with E-state index >= 15 is 0 Å². The van der Waals surface area contributed by atoms with E-state index in [2.05, 4.69) is 9.97 Å². The van der Waals surface area contributed by atoms with Gasteiger partial charge in [0.2, 0.25) is 0 Å². The van der Waals surface area contributed by atoms with E-state index in [0.717, 1.165) is 5.56 Å². The molecule has 28 heavy (non-hydrogen) atoms. The zero-order chi connectivity index (χ0) is 19.7. The number of nitrogens with zero attached hydrogens (tertiary/aromatic N) is 2. The molecule has 0 atom stereocenters. The molecule has 0 bridgehead atoms. The number of carbonyl (C=O) groups is 1. The Morgan fingerprint density at radius 3 is 2.71 bits per heavy atom. The molecule has 7 heteroatoms. The van der Waals surface area contributed by atoms with Crippen molar-refractivity contribution >= 4 is 5.91 Å². The van der Waals surface area contributed by atoms with Crippen LogP contribution < -0.4 is 10.3 Å². The maximum atomic E-state index is 12.9. The summed E-state index contributed by atoms with van der Waals surface area (Å²) >= 11 is 0. The van der Waals surface area contributed by atoms with Gasteiger partial charge in [-0.3, -0.25) is 9.59 Å². The summed E-state index contributed by atoms with van der Waals surface area (Å²) < 4.78 is 5.02. The number of nitrogens with one attached hydrogen (secondary N) is 1. The minimum Gasteiger partial charge on any atom is -0.504 e. The zero-order valence-electron chi connectivity index (χ0n) is 15.3. The van der Waals surface area contributed by atoms with Gasteiger partial charge in [-0.1, -0.05) is 30.3 Å². The Bertz CT molecular complexity index is 1090. The molecule has 1 aliphatic heterocycles. The molecule has 1 aromatic heterocycles. The predicted octanol–water partition coefficient (Wildman–Crippen LogP) is 2.35. The van der Waals surface area contributed by atoms with Crippen molar-refractivity contribution in [3.8, 4) is 22.9 Å². The van der Waals surface area contributed by atoms with Crippen molar-refractivity contribution in [2.24, 2.45) is 0 Å². The molecule has 1 aliphatic rings. The Labute approximate surface area is 161 Å². The normalized spacial score (nSPS) is 13.1. The van der Waals surface area contributed by atoms with Crippen molar-refractivity contribution in [3.63, 3.8) is 0 Å². The van der Waals surface area contributed by atoms with Gasteiger partial charge in [0.25, 0.3) is 11.5 Å². The summed E-state index contributed by atoms with van der Waals surface area (Å²) in [7, 11) is 1.45. The topological polar surface area (TPSA) is 95.5 Å². The van der Waals surface area contributed by atoms with E-state index in [0.29, 0.717) is 41.4 Å². The zero-order valence-corrected chi connectivity index (χ0v) is 15.3. The summed E-state index contributed by atoms with van der Waals surface area (Å²) in [4.78, 5) is 34.4. The number of aromatic amines is 1. The second kappa shape index (κ2) is 7.19. The lowest BCUT2D eigenvalue weighted by Gasteiger charge is -2.28. The van der Waals surface area contributed by atoms with Crippen LogP contribution in [0.25, 0.3) is 11.4 Å². The molecular formula is C21H19N3O4. The van der Waals surface area contributed by atoms with E-state index in [1.165, 1.54) is 13.2 Å². The average Bonchev–Trinajstić information content (AvgIpc) is 2.73. The fraction of sp³-hybridized carbons (Fsp3) is 0.190. The summed E-state index contributed by atoms with van der Waals surface area (Å²) in [6.45, 7) is 0.652. The van der Waals surface area contributed by atoms with Crippen molar-refractivity contribution in [1.29, 1.82) is 0 Å². The summed E-state index contributed by atoms with van der Waals surface area (Å²) in [5, 5.41) is 9.94. The molecule has 0 fully saturated rings. The minimum absolute atomic E-state index is 0.0910. The number of aromatic hydroxyl groups is 1. The Balaban J connectivity index is 1.64. The van der Waals surface area contributed by atoms with Crippen LogP contribution in [0.4, 0.5) is 0 Å². The van der Waals surface area contributed by atoms with Gasteiger partial charge in [0.15, 0.2) is 11.5 Å². The van der Waals surface area contributed by atoms with Crippen LogP contribution in [0.2, 0.25) is 0 Å². The number of fused-ring (bicyclic) bond motifs is 1. The second-order valence-corrected chi connectivity index (χ2v) is 6.57. The van der Waals surface area contributed by atoms with Gasteiger partial charge < -0.3 is 19.7 Å². The van der Waals surface area contributed by atoms with Gasteiger partial charge in [0.1, 0.15) is 5.82 Å². The largest absolute Gasteiger partial charge is 0.504 e. The number of benzene rings is 2. The first kappa shape index (κ1) is 17.8. The highest BCUT2D eigenvalue weighted by Crippen LogP contribution is 2.27. The first-order chi connectivity index (χ1) is 13.6. The fourth-order valence-corrected chi connectivity index (χ4v) is 3.35. The van der Waals surface area contributed by atoms with E-state index in [1.807, 2.05) is 30.3 Å². The maximum Gasteiger partial charge on any atom is 0.254 e. The average molecular weight is 377 g/mol. The molecule has 0 saturated carbocycles. The summed E-state index contributed by atoms with van der Waals surface area (Å²) in [5.74, 6) is 0.473. The van der Waals surface area contributed by atoms with Crippen LogP contribution >= 0.6 is 0 Å². The minimum atomic E-state index is -0.230. The van der Waals surface area contributed by atoms with Gasteiger partial charge in [-0.2, -0.15) is 0 Å². The Hall–Kier alpha value is -3.61. The highest BCUT2D eigenvalue weighted by Gasteiger charge is 2.26. The molecular weight excluding hydrogens is 358 g/mol. The molecule has 3 aromatic rings. The summed E-state index contributed by atoms with van der Waals surface area (Å²) in [6, 6.07) is 13.9. The van der Waals surface area contributed by atoms with Crippen LogP contribution in [0.3, 0.4) is 0 Å². The third-order valence-electron chi connectivity index (χ3n) is 4.83. The van der Waals surface area contributed by atoms with Gasteiger partial charge in [-0.15, -0.1) is 0 Å². The Morgan fingerprint density at radius 2 is 2.00 bits per heavy atom. The lowest BCUT2D eigenvalue weighted by Crippen LogP contribution is -2.39. The Morgan fingerprint density at radius 1 is 1.21 bits per heavy atom. The lowest BCUT2D eigenvalue weighted by molar-refractivity contribution is 0.0731. The molecule has 0 saturated heterocycles. The second-order valence-electron chi connectivity index (χ2n) is 6.57. The number of methoxy groups -OCH3 is 1. The van der Waals surface area contributed by atoms with E-state index in [-0.39, 0.29) is 23.8 Å². The van der Waals surface area contributed by atoms with Gasteiger partial charge in [0.05, 0.1) is 19.3 Å². The lowest BCUT2D eigenvalue weighted by atomic mass is 10.0. The van der Waals surface area contributed by atoms with Crippen molar-refractivity contribution < 1.29 is 14.6 Å². The van der Waals surface area contributed by atoms with E-state index in [1.54, 1.807) is 17.0 Å². The van der Waals surface area contributed by atoms with E-state index in [4.69, 9.17) is 4.74 Å². The van der Waals surface area contributed by atoms with Crippen LogP contribution in [0.5, 0.6) is 11.5 Å². The smallest absolute Gasteiger partial charge is 0.254 e. The SMILES string of the molecule is COc1ccc(C(=O)N2CCc3c(nc(-c4ccccc4)[nH]c3=O)C2)cc1O. The molecule has 7 nitrogen and oxygen atoms in total. The predicted molar refractivity (Wildman–Crippen MR) is 103 cm³/mol. The first-order valence-electron chi connectivity index (χ1n) is 8.90. The summed E-state index contributed by atoms with van der Waals surface area (Å²) in [5.41, 5.74) is 2.21. The molecule has 2 heterocycles. The summed E-state index contributed by atoms with van der Waals surface area (Å²) in [6.07, 6.45) is 0.431. The van der Waals surface area contributed by atoms with Gasteiger partial charge in [0, 0.05) is 23.2 Å². The van der Waals surface area contributed by atoms with Crippen molar-refractivity contribution in [3.05, 3.63) is 75.7 Å². The highest BCUT2D eigenvalue weighted by atomic mass is 16.5. The van der Waals surface area contributed by atoms with Crippen LogP contribution in [0, 0.1) is 0 Å². The number of hydrogen-bond donors (Lipinski definition) is 2. The number of aromatic nitrogens is 2. The molecule has 2 N–H and O–H groups in total. The Kier molecular flexibility index (Phi) is 4.57. The number of hydrogen-bond acceptors (Lipinski definition) is 5. The molecule has 0 aliphatic carbocycles. The maximum absolute atomic E-state index is 12.9. The third-order valence-corrected chi connectivity index (χ3v) is 4.83. The van der Waals surface area contributed by atoms with Crippen LogP contribution in [-0.2, 0) is 13.0 Å². The standard InChI is InChI=1S/C21H19N3O4/c1-28-18-8-7-14(11-17(18)25)21(27)24-10-9-15-16(12-24)22-19(23-20(15)26)13-5-3-2-4-6-13/h2-8,11,25H,9-10,12H2,1H3,(H,22,23,26). The number of H-pyrrole nitrogens is 1. The van der Waals surface area contributed by atoms with Crippen molar-refractivity contribution in [2.45, 2.75) is 13.0 Å². The van der Waals surface area contributed by atoms with E-state index < -0.39 is 0 Å². The number of ether oxygens (including phenoxy) is 1. The van der Waals surface area contributed by atoms with Crippen LogP contribution in [-0.4, -0.2) is 39.5 Å². The molecule has 142 valence electrons. The van der Waals surface area contributed by atoms with Gasteiger partial charge >= 0.3 is 0 Å². The number of rotatable bonds is 3. The van der Waals surface area contributed by atoms with Crippen molar-refractivity contribution in [2.75, 3.05) is 13.7 Å². The highest BCUT2D eigenvalue weighted by molar-refractivity contribution is 5.95. The van der Waals surface area contributed by atoms with Crippen LogP contribution in [0.15, 0.2) is 53.3 Å². The van der Waals surface area contributed by atoms with Crippen molar-refractivity contribution in [1.82, 2.24) is 14.9 Å². The van der Waals surface area contributed by atoms with Gasteiger partial charge in [-0.05, 0) is 24.6 Å². The molecule has 0 spiro atoms. The van der Waals surface area contributed by atoms with Crippen LogP contribution in [0.1, 0.15) is 21.6 Å². The number of phenols is 1.